The van der Waals surface area contributed by atoms with Crippen LogP contribution in [0.4, 0.5) is 0 Å². The molecule has 1 aromatic carbocycles. The van der Waals surface area contributed by atoms with E-state index < -0.39 is 28.1 Å². The molecule has 1 aromatic rings. The van der Waals surface area contributed by atoms with Crippen molar-refractivity contribution >= 4 is 16.0 Å². The first-order valence-electron chi connectivity index (χ1n) is 6.98. The third-order valence-electron chi connectivity index (χ3n) is 3.50. The van der Waals surface area contributed by atoms with Gasteiger partial charge in [0.15, 0.2) is 0 Å². The van der Waals surface area contributed by atoms with Crippen LogP contribution in [0.2, 0.25) is 0 Å². The summed E-state index contributed by atoms with van der Waals surface area (Å²) in [5, 5.41) is 18.9. The molecule has 0 amide bonds. The summed E-state index contributed by atoms with van der Waals surface area (Å²) in [6.07, 6.45) is -0.618. The molecule has 0 saturated carbocycles. The van der Waals surface area contributed by atoms with Crippen molar-refractivity contribution in [2.24, 2.45) is 0 Å². The van der Waals surface area contributed by atoms with E-state index in [0.29, 0.717) is 0 Å². The quantitative estimate of drug-likeness (QED) is 0.736. The van der Waals surface area contributed by atoms with Gasteiger partial charge >= 0.3 is 5.97 Å². The number of esters is 1. The van der Waals surface area contributed by atoms with Crippen molar-refractivity contribution in [2.75, 3.05) is 19.8 Å². The van der Waals surface area contributed by atoms with Crippen molar-refractivity contribution in [3.05, 3.63) is 29.8 Å². The number of β-amino-alcohol motifs (C(OH)–C–C–N with tert-alkyl or cyclic N) is 1. The van der Waals surface area contributed by atoms with Crippen LogP contribution < -0.4 is 0 Å². The summed E-state index contributed by atoms with van der Waals surface area (Å²) in [6.45, 7) is 1.42. The molecule has 2 N–H and O–H groups in total. The number of hydrogen-bond acceptors (Lipinski definition) is 6. The number of aliphatic hydroxyl groups excluding tert-OH is 2. The van der Waals surface area contributed by atoms with E-state index in [-0.39, 0.29) is 36.6 Å². The number of nitrogens with zero attached hydrogens (tertiary/aromatic N) is 1. The Morgan fingerprint density at radius 1 is 1.45 bits per heavy atom. The second-order valence-electron chi connectivity index (χ2n) is 5.05. The van der Waals surface area contributed by atoms with Crippen LogP contribution in [0.5, 0.6) is 0 Å². The first-order chi connectivity index (χ1) is 10.4. The summed E-state index contributed by atoms with van der Waals surface area (Å²) < 4.78 is 31.2. The second-order valence-corrected chi connectivity index (χ2v) is 6.94. The van der Waals surface area contributed by atoms with Gasteiger partial charge in [-0.15, -0.1) is 0 Å². The fourth-order valence-corrected chi connectivity index (χ4v) is 4.17. The predicted octanol–water partition coefficient (Wildman–Crippen LogP) is -0.0205. The zero-order chi connectivity index (χ0) is 16.3. The van der Waals surface area contributed by atoms with E-state index in [1.54, 1.807) is 6.92 Å². The average molecular weight is 329 g/mol. The first-order valence-corrected chi connectivity index (χ1v) is 8.42. The normalized spacial score (nSPS) is 22.7. The van der Waals surface area contributed by atoms with Gasteiger partial charge < -0.3 is 14.9 Å². The second kappa shape index (κ2) is 6.74. The fraction of sp³-hybridized carbons (Fsp3) is 0.500. The lowest BCUT2D eigenvalue weighted by molar-refractivity contribution is 0.0526. The number of carbonyl (C=O) groups is 1. The van der Waals surface area contributed by atoms with Gasteiger partial charge in [-0.25, -0.2) is 13.2 Å². The highest BCUT2D eigenvalue weighted by Gasteiger charge is 2.39. The van der Waals surface area contributed by atoms with E-state index >= 15 is 0 Å². The van der Waals surface area contributed by atoms with Crippen LogP contribution in [-0.4, -0.2) is 60.8 Å². The van der Waals surface area contributed by atoms with Crippen LogP contribution in [0.15, 0.2) is 29.2 Å². The smallest absolute Gasteiger partial charge is 0.338 e. The van der Waals surface area contributed by atoms with Crippen molar-refractivity contribution in [1.82, 2.24) is 4.31 Å². The molecule has 1 aliphatic heterocycles. The molecule has 1 fully saturated rings. The Hall–Kier alpha value is -1.48. The maximum atomic E-state index is 12.6. The van der Waals surface area contributed by atoms with E-state index in [1.807, 2.05) is 0 Å². The van der Waals surface area contributed by atoms with E-state index in [9.17, 15) is 23.4 Å². The fourth-order valence-electron chi connectivity index (χ4n) is 2.46. The van der Waals surface area contributed by atoms with Crippen molar-refractivity contribution in [2.45, 2.75) is 30.4 Å². The molecule has 1 heterocycles. The molecule has 2 rings (SSSR count). The van der Waals surface area contributed by atoms with Crippen LogP contribution in [0.25, 0.3) is 0 Å². The minimum atomic E-state index is -3.90. The number of aliphatic hydroxyl groups is 2. The van der Waals surface area contributed by atoms with E-state index in [4.69, 9.17) is 4.74 Å². The van der Waals surface area contributed by atoms with Gasteiger partial charge in [-0.1, -0.05) is 6.07 Å². The summed E-state index contributed by atoms with van der Waals surface area (Å²) in [6, 6.07) is 4.88. The molecule has 1 aliphatic rings. The third kappa shape index (κ3) is 3.30. The zero-order valence-corrected chi connectivity index (χ0v) is 13.0. The van der Waals surface area contributed by atoms with Crippen LogP contribution in [0, 0.1) is 0 Å². The molecule has 0 aliphatic carbocycles. The number of benzene rings is 1. The molecule has 7 nitrogen and oxygen atoms in total. The van der Waals surface area contributed by atoms with Crippen LogP contribution >= 0.6 is 0 Å². The average Bonchev–Trinajstić information content (AvgIpc) is 2.89. The summed E-state index contributed by atoms with van der Waals surface area (Å²) >= 11 is 0. The SMILES string of the molecule is CCOC(=O)c1cccc(S(=O)(=O)N2CC(O)CC2CO)c1. The van der Waals surface area contributed by atoms with Gasteiger partial charge in [0.1, 0.15) is 0 Å². The van der Waals surface area contributed by atoms with Gasteiger partial charge in [0.05, 0.1) is 35.8 Å². The largest absolute Gasteiger partial charge is 0.462 e. The van der Waals surface area contributed by atoms with Crippen LogP contribution in [0.3, 0.4) is 0 Å². The molecule has 0 radical (unpaired) electrons. The summed E-state index contributed by atoms with van der Waals surface area (Å²) in [5.74, 6) is -0.597. The molecule has 8 heteroatoms. The van der Waals surface area contributed by atoms with E-state index in [0.717, 1.165) is 4.31 Å². The lowest BCUT2D eigenvalue weighted by Crippen LogP contribution is -2.38. The Labute approximate surface area is 129 Å². The molecular weight excluding hydrogens is 310 g/mol. The van der Waals surface area contributed by atoms with Crippen molar-refractivity contribution in [3.8, 4) is 0 Å². The number of rotatable bonds is 5. The van der Waals surface area contributed by atoms with E-state index in [1.165, 1.54) is 24.3 Å². The number of hydrogen-bond donors (Lipinski definition) is 2. The van der Waals surface area contributed by atoms with Crippen molar-refractivity contribution < 1.29 is 28.2 Å². The highest BCUT2D eigenvalue weighted by atomic mass is 32.2. The minimum Gasteiger partial charge on any atom is -0.462 e. The topological polar surface area (TPSA) is 104 Å². The molecule has 0 spiro atoms. The lowest BCUT2D eigenvalue weighted by Gasteiger charge is -2.22. The van der Waals surface area contributed by atoms with Gasteiger partial charge in [-0.05, 0) is 31.5 Å². The number of carbonyl (C=O) groups excluding carboxylic acids is 1. The molecule has 122 valence electrons. The zero-order valence-electron chi connectivity index (χ0n) is 12.2. The monoisotopic (exact) mass is 329 g/mol. The lowest BCUT2D eigenvalue weighted by atomic mass is 10.2. The molecule has 0 aromatic heterocycles. The minimum absolute atomic E-state index is 0.0643. The van der Waals surface area contributed by atoms with Crippen LogP contribution in [0.1, 0.15) is 23.7 Å². The maximum absolute atomic E-state index is 12.6. The van der Waals surface area contributed by atoms with Gasteiger partial charge in [-0.2, -0.15) is 4.31 Å². The molecule has 0 bridgehead atoms. The Kier molecular flexibility index (Phi) is 5.17. The van der Waals surface area contributed by atoms with E-state index in [2.05, 4.69) is 0 Å². The standard InChI is InChI=1S/C14H19NO6S/c1-2-21-14(18)10-4-3-5-13(6-10)22(19,20)15-8-12(17)7-11(15)9-16/h3-6,11-12,16-17H,2,7-9H2,1H3. The highest BCUT2D eigenvalue weighted by Crippen LogP contribution is 2.26. The van der Waals surface area contributed by atoms with Crippen molar-refractivity contribution in [3.63, 3.8) is 0 Å². The Morgan fingerprint density at radius 3 is 2.82 bits per heavy atom. The van der Waals surface area contributed by atoms with Gasteiger partial charge in [-0.3, -0.25) is 0 Å². The molecular formula is C14H19NO6S. The molecule has 2 atom stereocenters. The third-order valence-corrected chi connectivity index (χ3v) is 5.42. The van der Waals surface area contributed by atoms with Gasteiger partial charge in [0.2, 0.25) is 10.0 Å². The number of sulfonamides is 1. The molecule has 22 heavy (non-hydrogen) atoms. The molecule has 2 unspecified atom stereocenters. The van der Waals surface area contributed by atoms with Crippen molar-refractivity contribution in [1.29, 1.82) is 0 Å². The van der Waals surface area contributed by atoms with Gasteiger partial charge in [0.25, 0.3) is 0 Å². The summed E-state index contributed by atoms with van der Waals surface area (Å²) in [7, 11) is -3.90. The highest BCUT2D eigenvalue weighted by molar-refractivity contribution is 7.89. The maximum Gasteiger partial charge on any atom is 0.338 e. The summed E-state index contributed by atoms with van der Waals surface area (Å²) in [4.78, 5) is 11.6. The Morgan fingerprint density at radius 2 is 2.18 bits per heavy atom. The molecule has 1 saturated heterocycles. The summed E-state index contributed by atoms with van der Waals surface area (Å²) in [5.41, 5.74) is 0.142. The van der Waals surface area contributed by atoms with Gasteiger partial charge in [0, 0.05) is 6.54 Å². The Bertz CT molecular complexity index is 644. The van der Waals surface area contributed by atoms with Crippen LogP contribution in [-0.2, 0) is 14.8 Å². The Balaban J connectivity index is 2.34. The number of ether oxygens (including phenoxy) is 1. The first kappa shape index (κ1) is 16.9. The predicted molar refractivity (Wildman–Crippen MR) is 77.8 cm³/mol.